The van der Waals surface area contributed by atoms with Gasteiger partial charge in [0.25, 0.3) is 0 Å². The molecule has 0 spiro atoms. The molecule has 1 N–H and O–H groups in total. The van der Waals surface area contributed by atoms with Crippen LogP contribution in [0.15, 0.2) is 79.5 Å². The summed E-state index contributed by atoms with van der Waals surface area (Å²) in [5.41, 5.74) is 7.34. The predicted molar refractivity (Wildman–Crippen MR) is 231 cm³/mol. The fourth-order valence-electron chi connectivity index (χ4n) is 8.98. The zero-order valence-electron chi connectivity index (χ0n) is 34.0. The monoisotopic (exact) mass is 790 g/mol. The molecule has 6 aromatic rings. The molecule has 0 amide bonds. The van der Waals surface area contributed by atoms with E-state index >= 15 is 0 Å². The summed E-state index contributed by atoms with van der Waals surface area (Å²) in [6.07, 6.45) is 15.4. The van der Waals surface area contributed by atoms with E-state index in [0.717, 1.165) is 93.6 Å². The van der Waals surface area contributed by atoms with Crippen LogP contribution in [0, 0.1) is 0 Å². The maximum Gasteiger partial charge on any atom is 1.00 e. The van der Waals surface area contributed by atoms with E-state index in [2.05, 4.69) is 120 Å². The van der Waals surface area contributed by atoms with E-state index in [9.17, 15) is 0 Å². The van der Waals surface area contributed by atoms with Crippen LogP contribution in [-0.4, -0.2) is 65.9 Å². The quantitative estimate of drug-likeness (QED) is 0.0982. The fraction of sp³-hybridized carbons (Fsp3) is 0.386. The van der Waals surface area contributed by atoms with Gasteiger partial charge in [-0.05, 0) is 82.4 Å². The number of nitrogens with zero attached hydrogens (tertiary/aromatic N) is 10. The van der Waals surface area contributed by atoms with Gasteiger partial charge in [-0.2, -0.15) is 9.36 Å². The Labute approximate surface area is 364 Å². The number of nitrogens with one attached hydrogen (secondary N) is 1. The average molecular weight is 791 g/mol. The second kappa shape index (κ2) is 16.2. The molecule has 3 aliphatic rings. The van der Waals surface area contributed by atoms with Gasteiger partial charge >= 0.3 is 29.6 Å². The molecular formula is C44H53N11NaS+. The van der Waals surface area contributed by atoms with Gasteiger partial charge < -0.3 is 28.3 Å². The van der Waals surface area contributed by atoms with Crippen molar-refractivity contribution in [2.45, 2.75) is 89.4 Å². The number of hydrogen-bond acceptors (Lipinski definition) is 8. The molecule has 13 heteroatoms. The minimum Gasteiger partial charge on any atom is -0.813 e. The first-order valence-corrected chi connectivity index (χ1v) is 19.8. The molecule has 1 aliphatic carbocycles. The van der Waals surface area contributed by atoms with Crippen LogP contribution in [0.3, 0.4) is 0 Å². The maximum atomic E-state index is 5.22. The normalized spacial score (nSPS) is 18.8. The number of benzene rings is 1. The van der Waals surface area contributed by atoms with Crippen molar-refractivity contribution >= 4 is 54.3 Å². The van der Waals surface area contributed by atoms with Gasteiger partial charge in [0, 0.05) is 80.3 Å². The van der Waals surface area contributed by atoms with Gasteiger partial charge in [0.2, 0.25) is 0 Å². The van der Waals surface area contributed by atoms with E-state index in [1.165, 1.54) is 48.7 Å². The molecule has 7 heterocycles. The van der Waals surface area contributed by atoms with Crippen LogP contribution in [-0.2, 0) is 33.0 Å². The number of pyridine rings is 1. The topological polar surface area (TPSA) is 94.5 Å². The Morgan fingerprint density at radius 1 is 0.930 bits per heavy atom. The summed E-state index contributed by atoms with van der Waals surface area (Å²) in [7, 11) is 4.35. The van der Waals surface area contributed by atoms with Crippen LogP contribution in [0.1, 0.15) is 80.8 Å². The molecule has 11 nitrogen and oxygen atoms in total. The Morgan fingerprint density at radius 2 is 1.75 bits per heavy atom. The average Bonchev–Trinajstić information content (AvgIpc) is 3.69. The second-order valence-corrected chi connectivity index (χ2v) is 16.4. The van der Waals surface area contributed by atoms with Crippen LogP contribution in [0.5, 0.6) is 0 Å². The van der Waals surface area contributed by atoms with Crippen molar-refractivity contribution in [3.05, 3.63) is 107 Å². The van der Waals surface area contributed by atoms with Crippen molar-refractivity contribution in [1.29, 1.82) is 0 Å². The molecule has 2 unspecified atom stereocenters. The molecular weight excluding hydrogens is 738 g/mol. The van der Waals surface area contributed by atoms with Crippen molar-refractivity contribution in [2.75, 3.05) is 25.5 Å². The van der Waals surface area contributed by atoms with Crippen molar-refractivity contribution in [1.82, 2.24) is 49.1 Å². The predicted octanol–water partition coefficient (Wildman–Crippen LogP) is 2.94. The number of hydrogen-bond donors (Lipinski definition) is 1. The third kappa shape index (κ3) is 7.62. The number of allylic oxidation sites excluding steroid dienone is 2. The van der Waals surface area contributed by atoms with Crippen LogP contribution in [0.4, 0.5) is 5.82 Å². The van der Waals surface area contributed by atoms with Gasteiger partial charge in [-0.15, -0.1) is 5.10 Å². The fourth-order valence-corrected chi connectivity index (χ4v) is 8.98. The van der Waals surface area contributed by atoms with Crippen LogP contribution >= 0.6 is 0 Å². The van der Waals surface area contributed by atoms with Crippen molar-refractivity contribution in [2.24, 2.45) is 0 Å². The number of fused-ring (bicyclic) bond motifs is 2. The first-order chi connectivity index (χ1) is 26.6. The zero-order valence-corrected chi connectivity index (χ0v) is 36.8. The summed E-state index contributed by atoms with van der Waals surface area (Å²) >= 11 is 0. The molecule has 2 atom stereocenters. The maximum absolute atomic E-state index is 5.22. The molecule has 2 aliphatic heterocycles. The van der Waals surface area contributed by atoms with Crippen molar-refractivity contribution in [3.8, 4) is 11.4 Å². The number of anilines is 1. The molecule has 0 radical (unpaired) electrons. The summed E-state index contributed by atoms with van der Waals surface area (Å²) in [4.78, 5) is 17.8. The molecule has 9 rings (SSSR count). The van der Waals surface area contributed by atoms with E-state index in [0.29, 0.717) is 23.2 Å². The second-order valence-electron chi connectivity index (χ2n) is 16.4. The number of rotatable bonds is 10. The largest absolute Gasteiger partial charge is 1.00 e. The minimum atomic E-state index is 0. The first kappa shape index (κ1) is 41.0. The minimum absolute atomic E-state index is 0. The van der Waals surface area contributed by atoms with Gasteiger partial charge in [0.15, 0.2) is 18.1 Å². The van der Waals surface area contributed by atoms with Crippen LogP contribution in [0.2, 0.25) is 0 Å². The van der Waals surface area contributed by atoms with Gasteiger partial charge in [-0.3, -0.25) is 0 Å². The van der Waals surface area contributed by atoms with Crippen LogP contribution < -0.4 is 55.1 Å². The summed E-state index contributed by atoms with van der Waals surface area (Å²) in [5, 5.41) is 17.6. The Hall–Kier alpha value is -4.20. The number of quaternary nitrogens is 1. The van der Waals surface area contributed by atoms with E-state index in [1.54, 1.807) is 0 Å². The summed E-state index contributed by atoms with van der Waals surface area (Å²) in [5.74, 6) is 2.38. The number of aromatic nitrogens is 8. The van der Waals surface area contributed by atoms with Gasteiger partial charge in [0.1, 0.15) is 5.82 Å². The van der Waals surface area contributed by atoms with Crippen LogP contribution in [0.25, 0.3) is 46.4 Å². The summed E-state index contributed by atoms with van der Waals surface area (Å²) in [6, 6.07) is 13.5. The zero-order chi connectivity index (χ0) is 38.0. The van der Waals surface area contributed by atoms with E-state index in [-0.39, 0.29) is 49.1 Å². The third-order valence-corrected chi connectivity index (χ3v) is 12.1. The molecule has 5 aromatic heterocycles. The SMILES string of the molecule is C=C1CCC(n2c(=C)c3cccc(CCc4cnnn4C[N+](C)(C)n4ccc5c(-c6nc(C7CC7)cc(N7CCCCC7C)n6)ccnc54)c3c2=C)C(=C)N1.[Na+].[SH-]. The standard InChI is InChI=1S/C44H52N11.Na.H2S/c1-28-14-19-40(30(3)47-28)54-31(4)36-13-10-12-34(42(36)32(54)5)17-18-35-26-46-50-52(35)27-55(6,7)53-24-21-38-37(20-22-45-44(38)53)43-48-39(33-15-16-33)25-41(49-43)51-23-9-8-11-29(51)2;;/h10,12-13,20-22,24-26,29,33,40,47H,1,3-5,8-9,11,14-19,23,27H2,2,6-7H3;;1H2/q2*+1;/p-1. The van der Waals surface area contributed by atoms with Crippen molar-refractivity contribution in [3.63, 3.8) is 0 Å². The Morgan fingerprint density at radius 3 is 2.53 bits per heavy atom. The smallest absolute Gasteiger partial charge is 0.813 e. The Bertz CT molecular complexity index is 2580. The van der Waals surface area contributed by atoms with E-state index in [1.807, 2.05) is 17.1 Å². The van der Waals surface area contributed by atoms with Gasteiger partial charge in [0.05, 0.1) is 38.2 Å². The van der Waals surface area contributed by atoms with Gasteiger partial charge in [-0.1, -0.05) is 49.7 Å². The Kier molecular flexibility index (Phi) is 11.7. The first-order valence-electron chi connectivity index (χ1n) is 19.8. The third-order valence-electron chi connectivity index (χ3n) is 12.1. The number of thiol groups is 1. The summed E-state index contributed by atoms with van der Waals surface area (Å²) < 4.78 is 6.96. The molecule has 0 bridgehead atoms. The summed E-state index contributed by atoms with van der Waals surface area (Å²) in [6.45, 7) is 21.4. The molecule has 290 valence electrons. The molecule has 57 heavy (non-hydrogen) atoms. The van der Waals surface area contributed by atoms with Gasteiger partial charge in [-0.25, -0.2) is 19.5 Å². The molecule has 1 saturated carbocycles. The Balaban J connectivity index is 0.00000248. The molecule has 2 saturated heterocycles. The number of piperidine rings is 2. The number of aryl methyl sites for hydroxylation is 2. The molecule has 1 aromatic carbocycles. The van der Waals surface area contributed by atoms with Crippen molar-refractivity contribution < 1.29 is 29.6 Å². The van der Waals surface area contributed by atoms with E-state index in [4.69, 9.17) is 15.0 Å². The van der Waals surface area contributed by atoms with E-state index < -0.39 is 0 Å². The molecule has 3 fully saturated rings.